The first-order chi connectivity index (χ1) is 5.83. The number of halogens is 1. The number of hydrogen-bond donors (Lipinski definition) is 0. The minimum absolute atomic E-state index is 0.737. The van der Waals surface area contributed by atoms with Gasteiger partial charge in [0.25, 0.3) is 0 Å². The van der Waals surface area contributed by atoms with Crippen molar-refractivity contribution in [3.8, 4) is 0 Å². The fourth-order valence-electron chi connectivity index (χ4n) is 2.07. The Balaban J connectivity index is 2.35. The van der Waals surface area contributed by atoms with Crippen LogP contribution in [0, 0.1) is 5.92 Å². The van der Waals surface area contributed by atoms with Gasteiger partial charge < -0.3 is 0 Å². The van der Waals surface area contributed by atoms with Crippen molar-refractivity contribution < 1.29 is 0 Å². The van der Waals surface area contributed by atoms with Crippen molar-refractivity contribution in [2.24, 2.45) is 5.92 Å². The van der Waals surface area contributed by atoms with Gasteiger partial charge in [0.05, 0.1) is 0 Å². The second-order valence-electron chi connectivity index (χ2n) is 3.61. The summed E-state index contributed by atoms with van der Waals surface area (Å²) in [4.78, 5) is 0. The van der Waals surface area contributed by atoms with Crippen LogP contribution in [0.25, 0.3) is 0 Å². The van der Waals surface area contributed by atoms with Gasteiger partial charge in [0.15, 0.2) is 0 Å². The maximum absolute atomic E-state index is 3.58. The molecule has 0 saturated carbocycles. The number of alkyl halides is 1. The highest BCUT2D eigenvalue weighted by atomic mass is 79.9. The molecule has 1 aliphatic carbocycles. The summed E-state index contributed by atoms with van der Waals surface area (Å²) in [7, 11) is 0. The SMILES string of the molecule is C[C@H]1c2ccccc2C[C@H]1CBr. The van der Waals surface area contributed by atoms with Crippen LogP contribution in [-0.2, 0) is 6.42 Å². The average molecular weight is 225 g/mol. The average Bonchev–Trinajstić information content (AvgIpc) is 2.44. The zero-order chi connectivity index (χ0) is 8.55. The van der Waals surface area contributed by atoms with Crippen molar-refractivity contribution in [1.29, 1.82) is 0 Å². The minimum atomic E-state index is 0.737. The number of rotatable bonds is 1. The zero-order valence-corrected chi connectivity index (χ0v) is 8.84. The largest absolute Gasteiger partial charge is 0.0925 e. The van der Waals surface area contributed by atoms with Crippen molar-refractivity contribution in [1.82, 2.24) is 0 Å². The smallest absolute Gasteiger partial charge is 0.00685 e. The fourth-order valence-corrected chi connectivity index (χ4v) is 2.86. The van der Waals surface area contributed by atoms with Crippen molar-refractivity contribution in [2.45, 2.75) is 19.3 Å². The Bertz CT molecular complexity index is 280. The number of benzene rings is 1. The van der Waals surface area contributed by atoms with Gasteiger partial charge in [-0.15, -0.1) is 0 Å². The molecule has 0 spiro atoms. The van der Waals surface area contributed by atoms with Crippen LogP contribution in [0.4, 0.5) is 0 Å². The van der Waals surface area contributed by atoms with E-state index in [1.807, 2.05) is 0 Å². The topological polar surface area (TPSA) is 0 Å². The van der Waals surface area contributed by atoms with E-state index in [4.69, 9.17) is 0 Å². The molecule has 0 bridgehead atoms. The standard InChI is InChI=1S/C11H13Br/c1-8-10(7-12)6-9-4-2-3-5-11(8)9/h2-5,8,10H,6-7H2,1H3/t8-,10+/m1/s1. The zero-order valence-electron chi connectivity index (χ0n) is 7.26. The first kappa shape index (κ1) is 8.31. The molecular formula is C11H13Br. The maximum Gasteiger partial charge on any atom is 0.00685 e. The normalized spacial score (nSPS) is 27.2. The lowest BCUT2D eigenvalue weighted by molar-refractivity contribution is 0.544. The van der Waals surface area contributed by atoms with Crippen LogP contribution < -0.4 is 0 Å². The van der Waals surface area contributed by atoms with Gasteiger partial charge in [0.1, 0.15) is 0 Å². The van der Waals surface area contributed by atoms with E-state index in [-0.39, 0.29) is 0 Å². The predicted octanol–water partition coefficient (Wildman–Crippen LogP) is 3.36. The van der Waals surface area contributed by atoms with Gasteiger partial charge in [-0.2, -0.15) is 0 Å². The maximum atomic E-state index is 3.58. The lowest BCUT2D eigenvalue weighted by Gasteiger charge is -2.11. The van der Waals surface area contributed by atoms with E-state index in [1.54, 1.807) is 11.1 Å². The molecule has 0 unspecified atom stereocenters. The Hall–Kier alpha value is -0.300. The monoisotopic (exact) mass is 224 g/mol. The van der Waals surface area contributed by atoms with Crippen molar-refractivity contribution in [3.05, 3.63) is 35.4 Å². The van der Waals surface area contributed by atoms with E-state index in [0.29, 0.717) is 0 Å². The molecule has 0 fully saturated rings. The van der Waals surface area contributed by atoms with Crippen LogP contribution in [0.1, 0.15) is 24.0 Å². The Labute approximate surface area is 82.1 Å². The molecular weight excluding hydrogens is 212 g/mol. The summed E-state index contributed by atoms with van der Waals surface area (Å²) in [5.41, 5.74) is 3.11. The van der Waals surface area contributed by atoms with Gasteiger partial charge in [-0.3, -0.25) is 0 Å². The third-order valence-electron chi connectivity index (χ3n) is 2.93. The molecule has 0 heterocycles. The van der Waals surface area contributed by atoms with E-state index in [0.717, 1.165) is 17.2 Å². The fraction of sp³-hybridized carbons (Fsp3) is 0.455. The highest BCUT2D eigenvalue weighted by molar-refractivity contribution is 9.09. The van der Waals surface area contributed by atoms with E-state index in [9.17, 15) is 0 Å². The summed E-state index contributed by atoms with van der Waals surface area (Å²) in [5.74, 6) is 1.54. The first-order valence-electron chi connectivity index (χ1n) is 4.46. The molecule has 1 aliphatic rings. The van der Waals surface area contributed by atoms with Gasteiger partial charge in [-0.25, -0.2) is 0 Å². The molecule has 1 aromatic rings. The highest BCUT2D eigenvalue weighted by Gasteiger charge is 2.27. The summed E-state index contributed by atoms with van der Waals surface area (Å²) in [6.45, 7) is 2.33. The van der Waals surface area contributed by atoms with Gasteiger partial charge in [0.2, 0.25) is 0 Å². The Morgan fingerprint density at radius 3 is 2.83 bits per heavy atom. The Kier molecular flexibility index (Phi) is 2.22. The number of fused-ring (bicyclic) bond motifs is 1. The summed E-state index contributed by atoms with van der Waals surface area (Å²) in [6, 6.07) is 8.81. The van der Waals surface area contributed by atoms with Crippen LogP contribution in [-0.4, -0.2) is 5.33 Å². The third kappa shape index (κ3) is 1.20. The van der Waals surface area contributed by atoms with Gasteiger partial charge in [-0.05, 0) is 29.4 Å². The van der Waals surface area contributed by atoms with E-state index in [1.165, 1.54) is 6.42 Å². The second kappa shape index (κ2) is 3.21. The predicted molar refractivity (Wildman–Crippen MR) is 55.8 cm³/mol. The van der Waals surface area contributed by atoms with Gasteiger partial charge >= 0.3 is 0 Å². The summed E-state index contributed by atoms with van der Waals surface area (Å²) >= 11 is 3.58. The first-order valence-corrected chi connectivity index (χ1v) is 5.59. The van der Waals surface area contributed by atoms with Crippen LogP contribution in [0.2, 0.25) is 0 Å². The lowest BCUT2D eigenvalue weighted by Crippen LogP contribution is -2.04. The summed E-state index contributed by atoms with van der Waals surface area (Å²) < 4.78 is 0. The molecule has 12 heavy (non-hydrogen) atoms. The lowest BCUT2D eigenvalue weighted by atomic mass is 9.97. The highest BCUT2D eigenvalue weighted by Crippen LogP contribution is 2.37. The third-order valence-corrected chi connectivity index (χ3v) is 3.76. The molecule has 0 saturated heterocycles. The van der Waals surface area contributed by atoms with Crippen LogP contribution in [0.3, 0.4) is 0 Å². The van der Waals surface area contributed by atoms with Crippen LogP contribution >= 0.6 is 15.9 Å². The van der Waals surface area contributed by atoms with Crippen molar-refractivity contribution >= 4 is 15.9 Å². The molecule has 2 rings (SSSR count). The molecule has 64 valence electrons. The summed E-state index contributed by atoms with van der Waals surface area (Å²) in [6.07, 6.45) is 1.25. The molecule has 0 N–H and O–H groups in total. The van der Waals surface area contributed by atoms with E-state index >= 15 is 0 Å². The Morgan fingerprint density at radius 1 is 1.42 bits per heavy atom. The van der Waals surface area contributed by atoms with Crippen molar-refractivity contribution in [3.63, 3.8) is 0 Å². The van der Waals surface area contributed by atoms with E-state index in [2.05, 4.69) is 47.1 Å². The quantitative estimate of drug-likeness (QED) is 0.643. The molecule has 0 aliphatic heterocycles. The van der Waals surface area contributed by atoms with Crippen LogP contribution in [0.5, 0.6) is 0 Å². The minimum Gasteiger partial charge on any atom is -0.0925 e. The summed E-state index contributed by atoms with van der Waals surface area (Å²) in [5, 5.41) is 1.13. The molecule has 0 nitrogen and oxygen atoms in total. The van der Waals surface area contributed by atoms with Gasteiger partial charge in [-0.1, -0.05) is 47.1 Å². The molecule has 1 heteroatoms. The molecule has 1 aromatic carbocycles. The molecule has 2 atom stereocenters. The van der Waals surface area contributed by atoms with E-state index < -0.39 is 0 Å². The molecule has 0 radical (unpaired) electrons. The molecule has 0 amide bonds. The molecule has 0 aromatic heterocycles. The van der Waals surface area contributed by atoms with Crippen molar-refractivity contribution in [2.75, 3.05) is 5.33 Å². The van der Waals surface area contributed by atoms with Gasteiger partial charge in [0, 0.05) is 5.33 Å². The Morgan fingerprint density at radius 2 is 2.17 bits per heavy atom. The van der Waals surface area contributed by atoms with Crippen LogP contribution in [0.15, 0.2) is 24.3 Å². The number of hydrogen-bond acceptors (Lipinski definition) is 0. The second-order valence-corrected chi connectivity index (χ2v) is 4.25.